The second-order valence-electron chi connectivity index (χ2n) is 8.13. The number of rotatable bonds is 8. The van der Waals surface area contributed by atoms with Crippen LogP contribution in [0.4, 0.5) is 10.5 Å². The van der Waals surface area contributed by atoms with Crippen LogP contribution in [0.1, 0.15) is 16.7 Å². The van der Waals surface area contributed by atoms with Crippen molar-refractivity contribution in [2.45, 2.75) is 13.5 Å². The van der Waals surface area contributed by atoms with Crippen molar-refractivity contribution in [3.05, 3.63) is 91.8 Å². The minimum atomic E-state index is -0.381. The number of aryl methyl sites for hydroxylation is 1. The number of amides is 3. The van der Waals surface area contributed by atoms with Crippen LogP contribution in [-0.4, -0.2) is 35.7 Å². The van der Waals surface area contributed by atoms with Crippen LogP contribution in [0, 0.1) is 6.92 Å². The van der Waals surface area contributed by atoms with Crippen LogP contribution in [-0.2, 0) is 16.1 Å². The van der Waals surface area contributed by atoms with Crippen molar-refractivity contribution in [3.63, 3.8) is 0 Å². The van der Waals surface area contributed by atoms with Gasteiger partial charge in [-0.25, -0.2) is 0 Å². The molecule has 190 valence electrons. The standard InChI is InChI=1S/C27H22BrClN2O5S/c1-16-4-3-5-20(10-16)30-24(32)15-36-25-21(28)11-18(12-22(25)35-2)13-23-26(33)31(27(34)37-23)14-17-6-8-19(29)9-7-17/h3-13H,14-15H2,1-2H3,(H,30,32)/b23-13-. The van der Waals surface area contributed by atoms with Crippen molar-refractivity contribution in [1.29, 1.82) is 0 Å². The average molecular weight is 602 g/mol. The lowest BCUT2D eigenvalue weighted by Crippen LogP contribution is -2.27. The lowest BCUT2D eigenvalue weighted by molar-refractivity contribution is -0.123. The van der Waals surface area contributed by atoms with Crippen molar-refractivity contribution in [3.8, 4) is 11.5 Å². The molecule has 1 N–H and O–H groups in total. The minimum absolute atomic E-state index is 0.156. The first-order valence-corrected chi connectivity index (χ1v) is 13.1. The number of carbonyl (C=O) groups is 3. The van der Waals surface area contributed by atoms with Gasteiger partial charge in [-0.05, 0) is 93.8 Å². The van der Waals surface area contributed by atoms with Gasteiger partial charge in [0.1, 0.15) is 0 Å². The minimum Gasteiger partial charge on any atom is -0.493 e. The fourth-order valence-electron chi connectivity index (χ4n) is 3.58. The Hall–Kier alpha value is -3.27. The molecule has 0 aliphatic carbocycles. The first kappa shape index (κ1) is 26.8. The molecule has 0 aromatic heterocycles. The molecule has 0 saturated carbocycles. The molecule has 0 spiro atoms. The number of methoxy groups -OCH3 is 1. The van der Waals surface area contributed by atoms with Crippen molar-refractivity contribution in [1.82, 2.24) is 4.90 Å². The molecule has 0 bridgehead atoms. The summed E-state index contributed by atoms with van der Waals surface area (Å²) in [5.74, 6) is 0.00503. The molecule has 0 radical (unpaired) electrons. The van der Waals surface area contributed by atoms with Gasteiger partial charge in [0.15, 0.2) is 18.1 Å². The number of hydrogen-bond donors (Lipinski definition) is 1. The van der Waals surface area contributed by atoms with Crippen LogP contribution in [0.15, 0.2) is 70.0 Å². The van der Waals surface area contributed by atoms with E-state index < -0.39 is 0 Å². The second-order valence-corrected chi connectivity index (χ2v) is 10.4. The van der Waals surface area contributed by atoms with E-state index in [0.29, 0.717) is 37.2 Å². The highest BCUT2D eigenvalue weighted by molar-refractivity contribution is 9.10. The molecular formula is C27H22BrClN2O5S. The number of anilines is 1. The predicted octanol–water partition coefficient (Wildman–Crippen LogP) is 6.67. The van der Waals surface area contributed by atoms with E-state index in [-0.39, 0.29) is 30.2 Å². The normalized spacial score (nSPS) is 14.3. The Labute approximate surface area is 231 Å². The maximum atomic E-state index is 12.9. The molecule has 1 heterocycles. The Bertz CT molecular complexity index is 1390. The number of nitrogens with one attached hydrogen (secondary N) is 1. The summed E-state index contributed by atoms with van der Waals surface area (Å²) in [6, 6.07) is 17.8. The van der Waals surface area contributed by atoms with Gasteiger partial charge in [0, 0.05) is 10.7 Å². The van der Waals surface area contributed by atoms with Gasteiger partial charge in [-0.2, -0.15) is 0 Å². The highest BCUT2D eigenvalue weighted by atomic mass is 79.9. The summed E-state index contributed by atoms with van der Waals surface area (Å²) < 4.78 is 11.7. The van der Waals surface area contributed by atoms with Gasteiger partial charge in [-0.1, -0.05) is 35.9 Å². The first-order valence-electron chi connectivity index (χ1n) is 11.1. The highest BCUT2D eigenvalue weighted by Crippen LogP contribution is 2.39. The van der Waals surface area contributed by atoms with Gasteiger partial charge in [-0.15, -0.1) is 0 Å². The Balaban J connectivity index is 1.46. The summed E-state index contributed by atoms with van der Waals surface area (Å²) >= 11 is 10.2. The fraction of sp³-hybridized carbons (Fsp3) is 0.148. The second kappa shape index (κ2) is 11.9. The Morgan fingerprint density at radius 2 is 1.89 bits per heavy atom. The maximum absolute atomic E-state index is 12.9. The van der Waals surface area contributed by atoms with E-state index >= 15 is 0 Å². The summed E-state index contributed by atoms with van der Waals surface area (Å²) in [6.45, 7) is 1.87. The van der Waals surface area contributed by atoms with Gasteiger partial charge < -0.3 is 14.8 Å². The topological polar surface area (TPSA) is 84.9 Å². The molecule has 1 aliphatic rings. The summed E-state index contributed by atoms with van der Waals surface area (Å²) in [5.41, 5.74) is 3.13. The molecule has 7 nitrogen and oxygen atoms in total. The Morgan fingerprint density at radius 3 is 2.59 bits per heavy atom. The van der Waals surface area contributed by atoms with E-state index in [0.717, 1.165) is 22.9 Å². The molecule has 0 atom stereocenters. The summed E-state index contributed by atoms with van der Waals surface area (Å²) in [7, 11) is 1.48. The molecule has 1 saturated heterocycles. The first-order chi connectivity index (χ1) is 17.7. The van der Waals surface area contributed by atoms with Crippen molar-refractivity contribution in [2.75, 3.05) is 19.0 Å². The number of carbonyl (C=O) groups excluding carboxylic acids is 3. The zero-order valence-corrected chi connectivity index (χ0v) is 23.1. The van der Waals surface area contributed by atoms with Crippen LogP contribution in [0.2, 0.25) is 5.02 Å². The average Bonchev–Trinajstić information content (AvgIpc) is 3.11. The van der Waals surface area contributed by atoms with E-state index in [1.165, 1.54) is 12.0 Å². The van der Waals surface area contributed by atoms with Crippen LogP contribution in [0.3, 0.4) is 0 Å². The number of nitrogens with zero attached hydrogens (tertiary/aromatic N) is 1. The lowest BCUT2D eigenvalue weighted by atomic mass is 10.1. The van der Waals surface area contributed by atoms with E-state index in [4.69, 9.17) is 21.1 Å². The lowest BCUT2D eigenvalue weighted by Gasteiger charge is -2.14. The third kappa shape index (κ3) is 6.74. The molecule has 3 aromatic rings. The van der Waals surface area contributed by atoms with Crippen LogP contribution in [0.25, 0.3) is 6.08 Å². The van der Waals surface area contributed by atoms with Crippen LogP contribution < -0.4 is 14.8 Å². The predicted molar refractivity (Wildman–Crippen MR) is 149 cm³/mol. The molecule has 3 aromatic carbocycles. The number of benzene rings is 3. The van der Waals surface area contributed by atoms with Crippen molar-refractivity contribution >= 4 is 68.1 Å². The van der Waals surface area contributed by atoms with Crippen LogP contribution in [0.5, 0.6) is 11.5 Å². The zero-order chi connectivity index (χ0) is 26.5. The molecule has 3 amide bonds. The number of halogens is 2. The van der Waals surface area contributed by atoms with Gasteiger partial charge >= 0.3 is 0 Å². The molecule has 0 unspecified atom stereocenters. The van der Waals surface area contributed by atoms with Gasteiger partial charge in [-0.3, -0.25) is 19.3 Å². The quantitative estimate of drug-likeness (QED) is 0.290. The maximum Gasteiger partial charge on any atom is 0.293 e. The fourth-order valence-corrected chi connectivity index (χ4v) is 5.12. The van der Waals surface area contributed by atoms with E-state index in [2.05, 4.69) is 21.2 Å². The number of hydrogen-bond acceptors (Lipinski definition) is 6. The van der Waals surface area contributed by atoms with Crippen molar-refractivity contribution in [2.24, 2.45) is 0 Å². The third-order valence-corrected chi connectivity index (χ3v) is 7.07. The highest BCUT2D eigenvalue weighted by Gasteiger charge is 2.35. The smallest absolute Gasteiger partial charge is 0.293 e. The third-order valence-electron chi connectivity index (χ3n) is 5.33. The SMILES string of the molecule is COc1cc(/C=C2\SC(=O)N(Cc3ccc(Cl)cc3)C2=O)cc(Br)c1OCC(=O)Nc1cccc(C)c1. The molecular weight excluding hydrogens is 580 g/mol. The molecule has 1 fully saturated rings. The Kier molecular flexibility index (Phi) is 8.58. The number of imide groups is 1. The van der Waals surface area contributed by atoms with Crippen LogP contribution >= 0.6 is 39.3 Å². The molecule has 4 rings (SSSR count). The van der Waals surface area contributed by atoms with Gasteiger partial charge in [0.25, 0.3) is 17.1 Å². The molecule has 37 heavy (non-hydrogen) atoms. The molecule has 10 heteroatoms. The number of ether oxygens (including phenoxy) is 2. The molecule has 1 aliphatic heterocycles. The number of thioether (sulfide) groups is 1. The summed E-state index contributed by atoms with van der Waals surface area (Å²) in [4.78, 5) is 39.3. The summed E-state index contributed by atoms with van der Waals surface area (Å²) in [6.07, 6.45) is 1.62. The van der Waals surface area contributed by atoms with Gasteiger partial charge in [0.05, 0.1) is 23.0 Å². The largest absolute Gasteiger partial charge is 0.493 e. The Morgan fingerprint density at radius 1 is 1.14 bits per heavy atom. The van der Waals surface area contributed by atoms with E-state index in [1.54, 1.807) is 48.5 Å². The van der Waals surface area contributed by atoms with Crippen molar-refractivity contribution < 1.29 is 23.9 Å². The van der Waals surface area contributed by atoms with E-state index in [1.807, 2.05) is 25.1 Å². The zero-order valence-electron chi connectivity index (χ0n) is 19.9. The van der Waals surface area contributed by atoms with E-state index in [9.17, 15) is 14.4 Å². The van der Waals surface area contributed by atoms with Gasteiger partial charge in [0.2, 0.25) is 0 Å². The summed E-state index contributed by atoms with van der Waals surface area (Å²) in [5, 5.41) is 3.02. The monoisotopic (exact) mass is 600 g/mol.